The number of nitrogens with two attached hydrogens (primary N) is 1. The van der Waals surface area contributed by atoms with Crippen LogP contribution in [0.1, 0.15) is 61.5 Å². The number of hydrogen-bond acceptors (Lipinski definition) is 8. The van der Waals surface area contributed by atoms with Crippen LogP contribution in [0.15, 0.2) is 72.1 Å². The van der Waals surface area contributed by atoms with E-state index in [4.69, 9.17) is 29.4 Å². The van der Waals surface area contributed by atoms with Crippen LogP contribution in [0.3, 0.4) is 0 Å². The molecule has 0 aromatic heterocycles. The maximum Gasteiger partial charge on any atom is 0.343 e. The smallest absolute Gasteiger partial charge is 0.343 e. The monoisotopic (exact) mass is 542 g/mol. The zero-order chi connectivity index (χ0) is 28.8. The molecular weight excluding hydrogens is 508 g/mol. The average Bonchev–Trinajstić information content (AvgIpc) is 2.92. The number of carbonyl (C=O) groups excluding carboxylic acids is 1. The molecule has 0 saturated heterocycles. The molecule has 8 heteroatoms. The summed E-state index contributed by atoms with van der Waals surface area (Å²) in [5.41, 5.74) is 8.32. The van der Waals surface area contributed by atoms with Gasteiger partial charge in [0.15, 0.2) is 11.5 Å². The lowest BCUT2D eigenvalue weighted by Gasteiger charge is -2.27. The van der Waals surface area contributed by atoms with Gasteiger partial charge in [0.25, 0.3) is 0 Å². The number of esters is 1. The first-order chi connectivity index (χ1) is 19.2. The number of ether oxygens (including phenoxy) is 5. The zero-order valence-electron chi connectivity index (χ0n) is 23.4. The molecule has 4 rings (SSSR count). The largest absolute Gasteiger partial charge is 0.493 e. The van der Waals surface area contributed by atoms with Crippen LogP contribution in [0.25, 0.3) is 0 Å². The number of rotatable bonds is 10. The number of methoxy groups -OCH3 is 1. The highest BCUT2D eigenvalue weighted by Crippen LogP contribution is 2.45. The van der Waals surface area contributed by atoms with E-state index in [1.807, 2.05) is 32.0 Å². The minimum atomic E-state index is -0.526. The summed E-state index contributed by atoms with van der Waals surface area (Å²) in [5.74, 6) is 1.99. The van der Waals surface area contributed by atoms with Crippen molar-refractivity contribution in [3.8, 4) is 34.8 Å². The maximum absolute atomic E-state index is 12.8. The summed E-state index contributed by atoms with van der Waals surface area (Å²) < 4.78 is 28.6. The van der Waals surface area contributed by atoms with Crippen molar-refractivity contribution >= 4 is 5.97 Å². The second-order valence-electron chi connectivity index (χ2n) is 10.1. The van der Waals surface area contributed by atoms with E-state index in [2.05, 4.69) is 19.9 Å². The first-order valence-corrected chi connectivity index (χ1v) is 13.2. The summed E-state index contributed by atoms with van der Waals surface area (Å²) in [6.07, 6.45) is 0.947. The molecule has 208 valence electrons. The van der Waals surface area contributed by atoms with E-state index in [9.17, 15) is 10.1 Å². The predicted octanol–water partition coefficient (Wildman–Crippen LogP) is 6.34. The molecule has 1 heterocycles. The highest BCUT2D eigenvalue weighted by atomic mass is 16.5. The van der Waals surface area contributed by atoms with Crippen LogP contribution < -0.4 is 29.4 Å². The van der Waals surface area contributed by atoms with E-state index in [1.54, 1.807) is 49.6 Å². The molecule has 40 heavy (non-hydrogen) atoms. The second-order valence-corrected chi connectivity index (χ2v) is 10.1. The van der Waals surface area contributed by atoms with Gasteiger partial charge in [-0.05, 0) is 74.2 Å². The first-order valence-electron chi connectivity index (χ1n) is 13.2. The van der Waals surface area contributed by atoms with Crippen molar-refractivity contribution < 1.29 is 28.5 Å². The number of nitrogens with zero attached hydrogens (tertiary/aromatic N) is 1. The third-order valence-corrected chi connectivity index (χ3v) is 6.34. The Kier molecular flexibility index (Phi) is 8.85. The van der Waals surface area contributed by atoms with Gasteiger partial charge >= 0.3 is 5.97 Å². The lowest BCUT2D eigenvalue weighted by molar-refractivity contribution is 0.0734. The Labute approximate surface area is 234 Å². The van der Waals surface area contributed by atoms with Crippen LogP contribution in [-0.2, 0) is 0 Å². The molecule has 0 fully saturated rings. The average molecular weight is 543 g/mol. The van der Waals surface area contributed by atoms with Gasteiger partial charge in [-0.3, -0.25) is 0 Å². The summed E-state index contributed by atoms with van der Waals surface area (Å²) >= 11 is 0. The molecule has 0 aliphatic carbocycles. The Morgan fingerprint density at radius 1 is 1.00 bits per heavy atom. The van der Waals surface area contributed by atoms with Crippen molar-refractivity contribution in [3.63, 3.8) is 0 Å². The summed E-state index contributed by atoms with van der Waals surface area (Å²) in [6.45, 7) is 8.71. The highest BCUT2D eigenvalue weighted by Gasteiger charge is 2.32. The predicted molar refractivity (Wildman–Crippen MR) is 151 cm³/mol. The van der Waals surface area contributed by atoms with Crippen molar-refractivity contribution in [3.05, 3.63) is 88.8 Å². The second kappa shape index (κ2) is 12.5. The lowest BCUT2D eigenvalue weighted by atomic mass is 9.83. The molecule has 8 nitrogen and oxygen atoms in total. The van der Waals surface area contributed by atoms with Gasteiger partial charge in [-0.15, -0.1) is 0 Å². The summed E-state index contributed by atoms with van der Waals surface area (Å²) in [6, 6.07) is 19.5. The molecule has 1 unspecified atom stereocenters. The van der Waals surface area contributed by atoms with Crippen LogP contribution >= 0.6 is 0 Å². The van der Waals surface area contributed by atoms with E-state index < -0.39 is 11.9 Å². The zero-order valence-corrected chi connectivity index (χ0v) is 23.4. The Bertz CT molecular complexity index is 1440. The van der Waals surface area contributed by atoms with Crippen molar-refractivity contribution in [1.82, 2.24) is 0 Å². The van der Waals surface area contributed by atoms with E-state index in [-0.39, 0.29) is 23.3 Å². The number of benzene rings is 3. The molecular formula is C32H34N2O6. The Morgan fingerprint density at radius 2 is 1.73 bits per heavy atom. The fourth-order valence-electron chi connectivity index (χ4n) is 4.34. The minimum Gasteiger partial charge on any atom is -0.493 e. The third kappa shape index (κ3) is 6.49. The number of hydrogen-bond donors (Lipinski definition) is 1. The molecule has 0 bridgehead atoms. The minimum absolute atomic E-state index is 0.0135. The van der Waals surface area contributed by atoms with Gasteiger partial charge in [-0.25, -0.2) is 4.79 Å². The number of carbonyl (C=O) groups is 1. The van der Waals surface area contributed by atoms with E-state index in [0.717, 1.165) is 12.0 Å². The Balaban J connectivity index is 1.59. The number of fused-ring (bicyclic) bond motifs is 1. The topological polar surface area (TPSA) is 113 Å². The SMILES string of the molecule is COc1cc(C2C(C#N)=C(N)Oc3cc(OC(=O)c4ccc(OC(C)C)cc4)ccc32)ccc1OCCC(C)C. The van der Waals surface area contributed by atoms with Gasteiger partial charge in [0.1, 0.15) is 28.9 Å². The quantitative estimate of drug-likeness (QED) is 0.233. The van der Waals surface area contributed by atoms with Crippen LogP contribution in [0.2, 0.25) is 0 Å². The Hall–Kier alpha value is -4.64. The van der Waals surface area contributed by atoms with Crippen LogP contribution in [0, 0.1) is 17.2 Å². The van der Waals surface area contributed by atoms with Crippen LogP contribution in [-0.4, -0.2) is 25.8 Å². The number of allylic oxidation sites excluding steroid dienone is 1. The van der Waals surface area contributed by atoms with Crippen molar-refractivity contribution in [2.45, 2.75) is 46.1 Å². The lowest BCUT2D eigenvalue weighted by Crippen LogP contribution is -2.21. The fraction of sp³-hybridized carbons (Fsp3) is 0.312. The van der Waals surface area contributed by atoms with Crippen LogP contribution in [0.5, 0.6) is 28.7 Å². The molecule has 1 atom stereocenters. The first kappa shape index (κ1) is 28.4. The molecule has 3 aromatic rings. The molecule has 2 N–H and O–H groups in total. The molecule has 0 spiro atoms. The van der Waals surface area contributed by atoms with E-state index >= 15 is 0 Å². The van der Waals surface area contributed by atoms with Crippen molar-refractivity contribution in [2.75, 3.05) is 13.7 Å². The van der Waals surface area contributed by atoms with Gasteiger partial charge in [-0.2, -0.15) is 5.26 Å². The molecule has 0 amide bonds. The molecule has 1 aliphatic heterocycles. The maximum atomic E-state index is 12.8. The molecule has 3 aromatic carbocycles. The Morgan fingerprint density at radius 3 is 2.38 bits per heavy atom. The molecule has 1 aliphatic rings. The summed E-state index contributed by atoms with van der Waals surface area (Å²) in [4.78, 5) is 12.8. The van der Waals surface area contributed by atoms with E-state index in [1.165, 1.54) is 0 Å². The van der Waals surface area contributed by atoms with E-state index in [0.29, 0.717) is 46.6 Å². The fourth-order valence-corrected chi connectivity index (χ4v) is 4.34. The normalized spacial score (nSPS) is 14.3. The summed E-state index contributed by atoms with van der Waals surface area (Å²) in [7, 11) is 1.58. The highest BCUT2D eigenvalue weighted by molar-refractivity contribution is 5.91. The standard InChI is InChI=1S/C32H34N2O6/c1-19(2)14-15-37-27-13-8-22(16-29(27)36-5)30-25-12-11-24(17-28(25)40-31(34)26(30)18-33)39-32(35)21-6-9-23(10-7-21)38-20(3)4/h6-13,16-17,19-20,30H,14-15,34H2,1-5H3. The number of nitriles is 1. The van der Waals surface area contributed by atoms with Gasteiger partial charge in [0, 0.05) is 11.6 Å². The molecule has 0 radical (unpaired) electrons. The van der Waals surface area contributed by atoms with Gasteiger partial charge in [-0.1, -0.05) is 26.0 Å². The van der Waals surface area contributed by atoms with Gasteiger partial charge in [0.2, 0.25) is 5.88 Å². The summed E-state index contributed by atoms with van der Waals surface area (Å²) in [5, 5.41) is 9.93. The molecule has 0 saturated carbocycles. The van der Waals surface area contributed by atoms with Crippen LogP contribution in [0.4, 0.5) is 0 Å². The van der Waals surface area contributed by atoms with Gasteiger partial charge < -0.3 is 29.4 Å². The third-order valence-electron chi connectivity index (χ3n) is 6.34. The van der Waals surface area contributed by atoms with Crippen molar-refractivity contribution in [1.29, 1.82) is 5.26 Å². The van der Waals surface area contributed by atoms with Crippen molar-refractivity contribution in [2.24, 2.45) is 11.7 Å². The van der Waals surface area contributed by atoms with Gasteiger partial charge in [0.05, 0.1) is 31.3 Å².